The number of hydrazine groups is 1. The zero-order valence-corrected chi connectivity index (χ0v) is 13.7. The maximum Gasteiger partial charge on any atom is 0.243 e. The summed E-state index contributed by atoms with van der Waals surface area (Å²) in [6.45, 7) is 9.34. The molecule has 2 rings (SSSR count). The topological polar surface area (TPSA) is 78.7 Å². The lowest BCUT2D eigenvalue weighted by Gasteiger charge is -2.33. The van der Waals surface area contributed by atoms with Gasteiger partial charge in [0, 0.05) is 31.9 Å². The first kappa shape index (κ1) is 16.2. The van der Waals surface area contributed by atoms with Crippen molar-refractivity contribution < 1.29 is 8.42 Å². The molecule has 118 valence electrons. The van der Waals surface area contributed by atoms with Gasteiger partial charge in [-0.05, 0) is 43.7 Å². The third-order valence-electron chi connectivity index (χ3n) is 4.00. The zero-order valence-electron chi connectivity index (χ0n) is 12.9. The third-order valence-corrected chi connectivity index (χ3v) is 6.21. The summed E-state index contributed by atoms with van der Waals surface area (Å²) in [5.74, 6) is 5.40. The molecule has 1 saturated heterocycles. The predicted molar refractivity (Wildman–Crippen MR) is 84.6 cm³/mol. The van der Waals surface area contributed by atoms with Crippen LogP contribution in [0.2, 0.25) is 0 Å². The van der Waals surface area contributed by atoms with Crippen LogP contribution >= 0.6 is 0 Å². The van der Waals surface area contributed by atoms with E-state index in [1.165, 1.54) is 0 Å². The van der Waals surface area contributed by atoms with E-state index >= 15 is 0 Å². The maximum atomic E-state index is 12.9. The lowest BCUT2D eigenvalue weighted by Crippen LogP contribution is -2.48. The second-order valence-corrected chi connectivity index (χ2v) is 7.30. The Balaban J connectivity index is 2.32. The molecule has 7 heteroatoms. The van der Waals surface area contributed by atoms with Crippen molar-refractivity contribution in [2.45, 2.75) is 25.7 Å². The first-order valence-corrected chi connectivity index (χ1v) is 8.64. The van der Waals surface area contributed by atoms with Crippen molar-refractivity contribution in [3.05, 3.63) is 23.3 Å². The van der Waals surface area contributed by atoms with Crippen LogP contribution in [-0.4, -0.2) is 50.3 Å². The Kier molecular flexibility index (Phi) is 4.88. The summed E-state index contributed by atoms with van der Waals surface area (Å²) in [5.41, 5.74) is 4.73. The van der Waals surface area contributed by atoms with Crippen LogP contribution in [-0.2, 0) is 10.0 Å². The van der Waals surface area contributed by atoms with Crippen LogP contribution in [0.3, 0.4) is 0 Å². The second-order valence-electron chi connectivity index (χ2n) is 5.42. The fourth-order valence-corrected chi connectivity index (χ4v) is 4.69. The Bertz CT molecular complexity index is 584. The van der Waals surface area contributed by atoms with Crippen molar-refractivity contribution in [3.8, 4) is 0 Å². The molecule has 1 heterocycles. The number of nitrogens with zero attached hydrogens (tertiary/aromatic N) is 2. The van der Waals surface area contributed by atoms with Gasteiger partial charge in [-0.1, -0.05) is 6.92 Å². The van der Waals surface area contributed by atoms with Gasteiger partial charge in [0.2, 0.25) is 10.0 Å². The summed E-state index contributed by atoms with van der Waals surface area (Å²) in [6, 6.07) is 3.53. The number of benzene rings is 1. The van der Waals surface area contributed by atoms with Gasteiger partial charge >= 0.3 is 0 Å². The first-order valence-electron chi connectivity index (χ1n) is 7.20. The Morgan fingerprint density at radius 3 is 2.10 bits per heavy atom. The average Bonchev–Trinajstić information content (AvgIpc) is 2.46. The number of nitrogens with one attached hydrogen (secondary N) is 1. The Morgan fingerprint density at radius 1 is 1.14 bits per heavy atom. The average molecular weight is 312 g/mol. The van der Waals surface area contributed by atoms with Gasteiger partial charge in [-0.25, -0.2) is 8.42 Å². The number of anilines is 1. The predicted octanol–water partition coefficient (Wildman–Crippen LogP) is 0.915. The molecule has 0 spiro atoms. The number of likely N-dealkylation sites (N-methyl/N-ethyl adjacent to an activating group) is 1. The van der Waals surface area contributed by atoms with E-state index in [-0.39, 0.29) is 0 Å². The van der Waals surface area contributed by atoms with Crippen molar-refractivity contribution in [3.63, 3.8) is 0 Å². The minimum absolute atomic E-state index is 0.409. The molecule has 6 nitrogen and oxygen atoms in total. The molecule has 0 radical (unpaired) electrons. The normalized spacial score (nSPS) is 17.9. The molecule has 0 aliphatic carbocycles. The van der Waals surface area contributed by atoms with E-state index < -0.39 is 10.0 Å². The molecule has 21 heavy (non-hydrogen) atoms. The van der Waals surface area contributed by atoms with Gasteiger partial charge in [-0.2, -0.15) is 4.31 Å². The third kappa shape index (κ3) is 3.21. The minimum Gasteiger partial charge on any atom is -0.324 e. The summed E-state index contributed by atoms with van der Waals surface area (Å²) in [4.78, 5) is 2.67. The van der Waals surface area contributed by atoms with E-state index in [1.54, 1.807) is 16.4 Å². The molecule has 0 aromatic heterocycles. The number of hydrogen-bond acceptors (Lipinski definition) is 5. The van der Waals surface area contributed by atoms with Crippen LogP contribution in [0, 0.1) is 13.8 Å². The first-order chi connectivity index (χ1) is 9.90. The van der Waals surface area contributed by atoms with Gasteiger partial charge in [-0.3, -0.25) is 5.84 Å². The molecule has 0 amide bonds. The Labute approximate surface area is 126 Å². The van der Waals surface area contributed by atoms with Gasteiger partial charge in [-0.15, -0.1) is 0 Å². The van der Waals surface area contributed by atoms with Crippen molar-refractivity contribution in [2.75, 3.05) is 38.1 Å². The molecule has 1 aromatic carbocycles. The van der Waals surface area contributed by atoms with Crippen LogP contribution in [0.4, 0.5) is 5.69 Å². The highest BCUT2D eigenvalue weighted by atomic mass is 32.2. The van der Waals surface area contributed by atoms with Crippen LogP contribution < -0.4 is 11.3 Å². The van der Waals surface area contributed by atoms with Gasteiger partial charge in [0.15, 0.2) is 0 Å². The van der Waals surface area contributed by atoms with E-state index in [0.717, 1.165) is 36.4 Å². The Hall–Kier alpha value is -1.15. The fraction of sp³-hybridized carbons (Fsp3) is 0.571. The highest BCUT2D eigenvalue weighted by molar-refractivity contribution is 7.89. The molecule has 1 fully saturated rings. The van der Waals surface area contributed by atoms with E-state index in [2.05, 4.69) is 17.2 Å². The van der Waals surface area contributed by atoms with Gasteiger partial charge in [0.25, 0.3) is 0 Å². The number of hydrogen-bond donors (Lipinski definition) is 2. The fourth-order valence-electron chi connectivity index (χ4n) is 2.86. The van der Waals surface area contributed by atoms with Crippen molar-refractivity contribution in [2.24, 2.45) is 5.84 Å². The Morgan fingerprint density at radius 2 is 1.67 bits per heavy atom. The molecule has 0 unspecified atom stereocenters. The zero-order chi connectivity index (χ0) is 15.6. The highest BCUT2D eigenvalue weighted by Gasteiger charge is 2.30. The summed E-state index contributed by atoms with van der Waals surface area (Å²) in [5, 5.41) is 0. The van der Waals surface area contributed by atoms with Crippen LogP contribution in [0.25, 0.3) is 0 Å². The number of rotatable bonds is 4. The summed E-state index contributed by atoms with van der Waals surface area (Å²) < 4.78 is 27.3. The maximum absolute atomic E-state index is 12.9. The quantitative estimate of drug-likeness (QED) is 0.638. The van der Waals surface area contributed by atoms with Crippen molar-refractivity contribution in [1.29, 1.82) is 0 Å². The lowest BCUT2D eigenvalue weighted by atomic mass is 10.1. The molecule has 3 N–H and O–H groups in total. The second kappa shape index (κ2) is 6.31. The largest absolute Gasteiger partial charge is 0.324 e. The van der Waals surface area contributed by atoms with Gasteiger partial charge in [0.1, 0.15) is 0 Å². The smallest absolute Gasteiger partial charge is 0.243 e. The van der Waals surface area contributed by atoms with E-state index in [0.29, 0.717) is 18.0 Å². The molecule has 1 aliphatic rings. The summed E-state index contributed by atoms with van der Waals surface area (Å²) in [6.07, 6.45) is 0. The molecule has 0 bridgehead atoms. The number of nitrogens with two attached hydrogens (primary N) is 1. The van der Waals surface area contributed by atoms with E-state index in [1.807, 2.05) is 13.8 Å². The summed E-state index contributed by atoms with van der Waals surface area (Å²) >= 11 is 0. The molecular formula is C14H24N4O2S. The highest BCUT2D eigenvalue weighted by Crippen LogP contribution is 2.27. The van der Waals surface area contributed by atoms with Crippen LogP contribution in [0.15, 0.2) is 17.0 Å². The van der Waals surface area contributed by atoms with Crippen molar-refractivity contribution in [1.82, 2.24) is 9.21 Å². The number of piperazine rings is 1. The number of nitrogen functional groups attached to an aromatic ring is 1. The molecule has 0 atom stereocenters. The van der Waals surface area contributed by atoms with Gasteiger partial charge in [0.05, 0.1) is 4.90 Å². The molecular weight excluding hydrogens is 288 g/mol. The van der Waals surface area contributed by atoms with Crippen LogP contribution in [0.1, 0.15) is 18.1 Å². The number of sulfonamides is 1. The SMILES string of the molecule is CCN1CCN(S(=O)(=O)c2c(C)cc(NN)cc2C)CC1. The molecule has 1 aliphatic heterocycles. The van der Waals surface area contributed by atoms with Crippen LogP contribution in [0.5, 0.6) is 0 Å². The monoisotopic (exact) mass is 312 g/mol. The van der Waals surface area contributed by atoms with Crippen molar-refractivity contribution >= 4 is 15.7 Å². The van der Waals surface area contributed by atoms with E-state index in [4.69, 9.17) is 5.84 Å². The van der Waals surface area contributed by atoms with E-state index in [9.17, 15) is 8.42 Å². The summed E-state index contributed by atoms with van der Waals surface area (Å²) in [7, 11) is -3.44. The standard InChI is InChI=1S/C14H24N4O2S/c1-4-17-5-7-18(8-6-17)21(19,20)14-11(2)9-13(16-15)10-12(14)3/h9-10,16H,4-8,15H2,1-3H3. The minimum atomic E-state index is -3.44. The van der Waals surface area contributed by atoms with Gasteiger partial charge < -0.3 is 10.3 Å². The molecule has 1 aromatic rings. The molecule has 0 saturated carbocycles. The lowest BCUT2D eigenvalue weighted by molar-refractivity contribution is 0.196. The number of aryl methyl sites for hydroxylation is 2.